The van der Waals surface area contributed by atoms with Crippen LogP contribution in [0.2, 0.25) is 0 Å². The van der Waals surface area contributed by atoms with Gasteiger partial charge in [0.1, 0.15) is 0 Å². The van der Waals surface area contributed by atoms with Crippen molar-refractivity contribution in [3.8, 4) is 0 Å². The molecule has 0 spiro atoms. The van der Waals surface area contributed by atoms with E-state index < -0.39 is 6.10 Å². The van der Waals surface area contributed by atoms with Gasteiger partial charge in [-0.3, -0.25) is 0 Å². The van der Waals surface area contributed by atoms with Crippen molar-refractivity contribution in [3.63, 3.8) is 0 Å². The molecule has 1 aromatic heterocycles. The van der Waals surface area contributed by atoms with Crippen molar-refractivity contribution >= 4 is 21.6 Å². The number of nitrogen functional groups attached to an aromatic ring is 1. The van der Waals surface area contributed by atoms with Crippen molar-refractivity contribution in [2.24, 2.45) is 0 Å². The Labute approximate surface area is 104 Å². The summed E-state index contributed by atoms with van der Waals surface area (Å²) in [6, 6.07) is 9.52. The number of aliphatic hydroxyl groups is 1. The van der Waals surface area contributed by atoms with Gasteiger partial charge >= 0.3 is 0 Å². The second-order valence-corrected chi connectivity index (χ2v) is 4.72. The van der Waals surface area contributed by atoms with Crippen molar-refractivity contribution in [2.45, 2.75) is 6.10 Å². The van der Waals surface area contributed by atoms with Gasteiger partial charge in [0.05, 0.1) is 6.10 Å². The van der Waals surface area contributed by atoms with Crippen molar-refractivity contribution in [1.29, 1.82) is 0 Å². The first-order valence-corrected chi connectivity index (χ1v) is 6.01. The zero-order valence-corrected chi connectivity index (χ0v) is 10.3. The van der Waals surface area contributed by atoms with Crippen LogP contribution < -0.4 is 10.6 Å². The molecule has 0 fully saturated rings. The summed E-state index contributed by atoms with van der Waals surface area (Å²) in [5.74, 6) is 0. The molecule has 0 aliphatic rings. The van der Waals surface area contributed by atoms with Crippen LogP contribution in [0, 0.1) is 0 Å². The fourth-order valence-electron chi connectivity index (χ4n) is 1.50. The van der Waals surface area contributed by atoms with Gasteiger partial charge in [-0.15, -0.1) is 10.2 Å². The summed E-state index contributed by atoms with van der Waals surface area (Å²) in [6.07, 6.45) is -0.550. The quantitative estimate of drug-likeness (QED) is 0.855. The number of likely N-dealkylation sites (N-methyl/N-ethyl adjacent to an activating group) is 1. The maximum atomic E-state index is 10.0. The highest BCUT2D eigenvalue weighted by Crippen LogP contribution is 2.22. The van der Waals surface area contributed by atoms with Crippen molar-refractivity contribution in [3.05, 3.63) is 35.9 Å². The number of anilines is 2. The molecule has 3 N–H and O–H groups in total. The van der Waals surface area contributed by atoms with Gasteiger partial charge in [-0.05, 0) is 5.56 Å². The molecule has 1 unspecified atom stereocenters. The predicted octanol–water partition coefficient (Wildman–Crippen LogP) is 1.29. The van der Waals surface area contributed by atoms with Gasteiger partial charge in [0.25, 0.3) is 0 Å². The van der Waals surface area contributed by atoms with E-state index in [1.54, 1.807) is 0 Å². The predicted molar refractivity (Wildman–Crippen MR) is 69.0 cm³/mol. The smallest absolute Gasteiger partial charge is 0.209 e. The molecule has 2 rings (SSSR count). The fourth-order valence-corrected chi connectivity index (χ4v) is 2.08. The molecule has 2 aromatic rings. The molecule has 0 aliphatic heterocycles. The molecular formula is C11H14N4OS. The van der Waals surface area contributed by atoms with Crippen LogP contribution in [0.3, 0.4) is 0 Å². The molecule has 1 heterocycles. The van der Waals surface area contributed by atoms with Crippen molar-refractivity contribution in [1.82, 2.24) is 10.2 Å². The molecule has 0 aliphatic carbocycles. The highest BCUT2D eigenvalue weighted by atomic mass is 32.1. The number of hydrogen-bond acceptors (Lipinski definition) is 6. The normalized spacial score (nSPS) is 12.4. The standard InChI is InChI=1S/C11H14N4OS/c1-15(11-14-13-10(12)17-11)7-9(16)8-5-3-2-4-6-8/h2-6,9,16H,7H2,1H3,(H2,12,13). The Morgan fingerprint density at radius 3 is 2.65 bits per heavy atom. The number of aliphatic hydroxyl groups excluding tert-OH is 1. The largest absolute Gasteiger partial charge is 0.387 e. The highest BCUT2D eigenvalue weighted by molar-refractivity contribution is 7.18. The van der Waals surface area contributed by atoms with E-state index in [1.165, 1.54) is 11.3 Å². The summed E-state index contributed by atoms with van der Waals surface area (Å²) in [4.78, 5) is 1.84. The maximum absolute atomic E-state index is 10.0. The summed E-state index contributed by atoms with van der Waals surface area (Å²) in [7, 11) is 1.85. The summed E-state index contributed by atoms with van der Waals surface area (Å²) in [5.41, 5.74) is 6.40. The number of aromatic nitrogens is 2. The Bertz CT molecular complexity index is 473. The minimum absolute atomic E-state index is 0.432. The minimum atomic E-state index is -0.550. The first-order valence-electron chi connectivity index (χ1n) is 5.20. The number of nitrogens with zero attached hydrogens (tertiary/aromatic N) is 3. The second-order valence-electron chi connectivity index (χ2n) is 3.73. The third-order valence-corrected chi connectivity index (χ3v) is 3.25. The molecule has 17 heavy (non-hydrogen) atoms. The van der Waals surface area contributed by atoms with E-state index in [4.69, 9.17) is 5.73 Å². The Hall–Kier alpha value is -1.66. The van der Waals surface area contributed by atoms with Crippen LogP contribution in [-0.2, 0) is 0 Å². The molecular weight excluding hydrogens is 236 g/mol. The molecule has 1 aromatic carbocycles. The molecule has 90 valence electrons. The van der Waals surface area contributed by atoms with E-state index in [0.29, 0.717) is 16.8 Å². The average molecular weight is 250 g/mol. The highest BCUT2D eigenvalue weighted by Gasteiger charge is 2.13. The van der Waals surface area contributed by atoms with E-state index in [9.17, 15) is 5.11 Å². The molecule has 0 amide bonds. The van der Waals surface area contributed by atoms with Crippen LogP contribution in [0.5, 0.6) is 0 Å². The third kappa shape index (κ3) is 2.92. The zero-order valence-electron chi connectivity index (χ0n) is 9.45. The lowest BCUT2D eigenvalue weighted by Crippen LogP contribution is -2.24. The summed E-state index contributed by atoms with van der Waals surface area (Å²) in [5, 5.41) is 18.8. The molecule has 5 nitrogen and oxygen atoms in total. The van der Waals surface area contributed by atoms with E-state index in [2.05, 4.69) is 10.2 Å². The minimum Gasteiger partial charge on any atom is -0.387 e. The van der Waals surface area contributed by atoms with E-state index >= 15 is 0 Å². The Balaban J connectivity index is 2.02. The molecule has 0 bridgehead atoms. The van der Waals surface area contributed by atoms with E-state index in [-0.39, 0.29) is 0 Å². The van der Waals surface area contributed by atoms with Crippen molar-refractivity contribution in [2.75, 3.05) is 24.2 Å². The summed E-state index contributed by atoms with van der Waals surface area (Å²) in [6.45, 7) is 0.457. The lowest BCUT2D eigenvalue weighted by atomic mass is 10.1. The van der Waals surface area contributed by atoms with Crippen LogP contribution in [0.4, 0.5) is 10.3 Å². The number of hydrogen-bond donors (Lipinski definition) is 2. The lowest BCUT2D eigenvalue weighted by molar-refractivity contribution is 0.185. The lowest BCUT2D eigenvalue weighted by Gasteiger charge is -2.19. The van der Waals surface area contributed by atoms with Gasteiger partial charge in [-0.1, -0.05) is 41.7 Å². The van der Waals surface area contributed by atoms with E-state index in [1.807, 2.05) is 42.3 Å². The summed E-state index contributed by atoms with van der Waals surface area (Å²) >= 11 is 1.30. The Morgan fingerprint density at radius 2 is 2.06 bits per heavy atom. The Kier molecular flexibility index (Phi) is 3.55. The van der Waals surface area contributed by atoms with Gasteiger partial charge in [0.2, 0.25) is 10.3 Å². The Morgan fingerprint density at radius 1 is 1.35 bits per heavy atom. The van der Waals surface area contributed by atoms with E-state index in [0.717, 1.165) is 5.56 Å². The summed E-state index contributed by atoms with van der Waals surface area (Å²) < 4.78 is 0. The topological polar surface area (TPSA) is 75.3 Å². The van der Waals surface area contributed by atoms with Crippen LogP contribution in [0.15, 0.2) is 30.3 Å². The third-order valence-electron chi connectivity index (χ3n) is 2.39. The maximum Gasteiger partial charge on any atom is 0.209 e. The number of rotatable bonds is 4. The first kappa shape index (κ1) is 11.8. The first-order chi connectivity index (χ1) is 8.16. The molecule has 0 saturated heterocycles. The number of nitrogens with two attached hydrogens (primary N) is 1. The van der Waals surface area contributed by atoms with Crippen LogP contribution >= 0.6 is 11.3 Å². The average Bonchev–Trinajstić information content (AvgIpc) is 2.77. The second kappa shape index (κ2) is 5.11. The van der Waals surface area contributed by atoms with Crippen LogP contribution in [0.1, 0.15) is 11.7 Å². The number of benzene rings is 1. The SMILES string of the molecule is CN(CC(O)c1ccccc1)c1nnc(N)s1. The monoisotopic (exact) mass is 250 g/mol. The van der Waals surface area contributed by atoms with Gasteiger partial charge in [-0.25, -0.2) is 0 Å². The molecule has 1 atom stereocenters. The molecule has 0 saturated carbocycles. The van der Waals surface area contributed by atoms with Gasteiger partial charge < -0.3 is 15.7 Å². The van der Waals surface area contributed by atoms with Crippen LogP contribution in [-0.4, -0.2) is 28.9 Å². The van der Waals surface area contributed by atoms with Gasteiger partial charge in [0, 0.05) is 13.6 Å². The van der Waals surface area contributed by atoms with Gasteiger partial charge in [-0.2, -0.15) is 0 Å². The molecule has 0 radical (unpaired) electrons. The molecule has 6 heteroatoms. The fraction of sp³-hybridized carbons (Fsp3) is 0.273. The zero-order chi connectivity index (χ0) is 12.3. The van der Waals surface area contributed by atoms with Crippen LogP contribution in [0.25, 0.3) is 0 Å². The van der Waals surface area contributed by atoms with Crippen molar-refractivity contribution < 1.29 is 5.11 Å². The van der Waals surface area contributed by atoms with Gasteiger partial charge in [0.15, 0.2) is 0 Å².